The minimum atomic E-state index is 0. The van der Waals surface area contributed by atoms with Crippen molar-refractivity contribution in [3.05, 3.63) is 0 Å². The molecule has 0 heterocycles. The predicted molar refractivity (Wildman–Crippen MR) is 16.8 cm³/mol. The first-order valence-electron chi connectivity index (χ1n) is 1.00. The zero-order valence-electron chi connectivity index (χ0n) is 3.59. The van der Waals surface area contributed by atoms with Crippen LogP contribution in [0.25, 0.3) is 0 Å². The van der Waals surface area contributed by atoms with Crippen molar-refractivity contribution >= 4 is 6.34 Å². The van der Waals surface area contributed by atoms with Gasteiger partial charge in [0, 0.05) is 20.4 Å². The molecule has 0 atom stereocenters. The van der Waals surface area contributed by atoms with Crippen LogP contribution in [0.3, 0.4) is 0 Å². The molecule has 33 valence electrons. The number of hydrogen-bond acceptors (Lipinski definition) is 1. The largest absolute Gasteiger partial charge is 0.553 e. The molecule has 0 spiro atoms. The van der Waals surface area contributed by atoms with E-state index in [2.05, 4.69) is 5.32 Å². The first-order valence-corrected chi connectivity index (χ1v) is 1.00. The van der Waals surface area contributed by atoms with E-state index >= 15 is 0 Å². The van der Waals surface area contributed by atoms with E-state index in [1.165, 1.54) is 0 Å². The molecule has 2 nitrogen and oxygen atoms in total. The van der Waals surface area contributed by atoms with Gasteiger partial charge in [-0.05, 0) is 7.05 Å². The average Bonchev–Trinajstić information content (AvgIpc) is 1.37. The fourth-order valence-corrected chi connectivity index (χ4v) is 0. The predicted octanol–water partition coefficient (Wildman–Crippen LogP) is -0.313. The van der Waals surface area contributed by atoms with Gasteiger partial charge in [-0.25, -0.2) is 0 Å². The molecule has 0 unspecified atom stereocenters. The minimum Gasteiger partial charge on any atom is -0.553 e. The van der Waals surface area contributed by atoms with E-state index in [1.807, 2.05) is 6.34 Å². The molecule has 0 aliphatic carbocycles. The molecule has 0 saturated heterocycles. The normalized spacial score (nSPS) is 3.50. The molecule has 0 aromatic rings. The summed E-state index contributed by atoms with van der Waals surface area (Å²) in [7, 11) is 1.63. The first-order chi connectivity index (χ1) is 1.91. The number of nitrogens with one attached hydrogen (secondary N) is 2. The van der Waals surface area contributed by atoms with Gasteiger partial charge in [-0.2, -0.15) is 0 Å². The number of rotatable bonds is 1. The van der Waals surface area contributed by atoms with Gasteiger partial charge in [-0.3, -0.25) is 0 Å². The molecule has 2 N–H and O–H groups in total. The van der Waals surface area contributed by atoms with Crippen molar-refractivity contribution in [2.75, 3.05) is 7.05 Å². The molecule has 0 fully saturated rings. The fourth-order valence-electron chi connectivity index (χ4n) is 0. The van der Waals surface area contributed by atoms with Crippen molar-refractivity contribution < 1.29 is 20.4 Å². The Kier molecular flexibility index (Phi) is 102. The smallest absolute Gasteiger partial charge is 0 e. The van der Waals surface area contributed by atoms with Gasteiger partial charge in [-0.15, -0.1) is 0 Å². The summed E-state index contributed by atoms with van der Waals surface area (Å²) in [5, 5.41) is 8.44. The van der Waals surface area contributed by atoms with Crippen LogP contribution in [0.2, 0.25) is 0 Å². The van der Waals surface area contributed by atoms with Gasteiger partial charge < -0.3 is 17.1 Å². The maximum atomic E-state index is 6.09. The van der Waals surface area contributed by atoms with Crippen molar-refractivity contribution in [1.29, 1.82) is 5.41 Å². The Morgan fingerprint density at radius 1 is 1.67 bits per heavy atom. The van der Waals surface area contributed by atoms with Crippen molar-refractivity contribution in [2.45, 2.75) is 0 Å². The quantitative estimate of drug-likeness (QED) is 0.216. The molecule has 0 rings (SSSR count). The summed E-state index contributed by atoms with van der Waals surface area (Å²) in [4.78, 5) is 0. The van der Waals surface area contributed by atoms with Gasteiger partial charge >= 0.3 is 0 Å². The van der Waals surface area contributed by atoms with Crippen LogP contribution in [0.1, 0.15) is 0 Å². The van der Waals surface area contributed by atoms with Crippen molar-refractivity contribution in [3.8, 4) is 0 Å². The average molecular weight is 510 g/mol. The maximum Gasteiger partial charge on any atom is 0 e. The monoisotopic (exact) mass is 511 g/mol. The summed E-state index contributed by atoms with van der Waals surface area (Å²) >= 11 is 0. The SMILES string of the molecule is CN[C-]=N.[Re].[Rf]. The molecule has 0 bridgehead atoms. The Morgan fingerprint density at radius 2 is 1.83 bits per heavy atom. The molecule has 0 saturated carbocycles. The molecule has 4 heteroatoms. The van der Waals surface area contributed by atoms with Crippen LogP contribution in [0.4, 0.5) is 0 Å². The van der Waals surface area contributed by atoms with E-state index < -0.39 is 0 Å². The second-order valence-electron chi connectivity index (χ2n) is 0.375. The zero-order chi connectivity index (χ0) is 3.41. The van der Waals surface area contributed by atoms with E-state index in [0.29, 0.717) is 0 Å². The Morgan fingerprint density at radius 3 is 1.83 bits per heavy atom. The van der Waals surface area contributed by atoms with Gasteiger partial charge in [0.2, 0.25) is 0 Å². The van der Waals surface area contributed by atoms with E-state index in [1.54, 1.807) is 7.05 Å². The van der Waals surface area contributed by atoms with Crippen LogP contribution in [0.15, 0.2) is 0 Å². The summed E-state index contributed by atoms with van der Waals surface area (Å²) in [6.07, 6.45) is 1.93. The van der Waals surface area contributed by atoms with Crippen LogP contribution in [-0.2, 0) is 20.4 Å². The second-order valence-corrected chi connectivity index (χ2v) is 0.375. The third-order valence-corrected chi connectivity index (χ3v) is 0.125. The topological polar surface area (TPSA) is 35.9 Å². The summed E-state index contributed by atoms with van der Waals surface area (Å²) in [5.41, 5.74) is 0. The third-order valence-electron chi connectivity index (χ3n) is 0.125. The Hall–Kier alpha value is -0.868. The Bertz CT molecular complexity index is 25.5. The van der Waals surface area contributed by atoms with Crippen LogP contribution in [0.5, 0.6) is 0 Å². The van der Waals surface area contributed by atoms with Crippen LogP contribution in [-0.4, -0.2) is 13.4 Å². The fraction of sp³-hybridized carbons (Fsp3) is 0.500. The van der Waals surface area contributed by atoms with E-state index in [-0.39, 0.29) is 20.4 Å². The molecule has 0 aromatic heterocycles. The zero-order valence-corrected chi connectivity index (χ0v) is 12.7. The molecule has 6 heavy (non-hydrogen) atoms. The van der Waals surface area contributed by atoms with Gasteiger partial charge in [0.1, 0.15) is 0 Å². The molecule has 0 aliphatic rings. The first kappa shape index (κ1) is 19.3. The minimum absolute atomic E-state index is 0. The molecule has 0 aliphatic heterocycles. The van der Waals surface area contributed by atoms with E-state index in [0.717, 1.165) is 0 Å². The van der Waals surface area contributed by atoms with Gasteiger partial charge in [0.25, 0.3) is 0 Å². The van der Waals surface area contributed by atoms with E-state index in [9.17, 15) is 0 Å². The van der Waals surface area contributed by atoms with Crippen LogP contribution < -0.4 is 5.32 Å². The summed E-state index contributed by atoms with van der Waals surface area (Å²) < 4.78 is 0. The van der Waals surface area contributed by atoms with Gasteiger partial charge in [0.15, 0.2) is 0 Å². The number of hydrogen-bond donors (Lipinski definition) is 2. The third kappa shape index (κ3) is 813. The Balaban J connectivity index is -0.0000000450. The van der Waals surface area contributed by atoms with Crippen LogP contribution >= 0.6 is 0 Å². The molecule has 0 amide bonds. The summed E-state index contributed by atoms with van der Waals surface area (Å²) in [6, 6.07) is 0. The van der Waals surface area contributed by atoms with Crippen LogP contribution in [0, 0.1) is 5.41 Å². The molecular weight excluding hydrogens is 505 g/mol. The maximum absolute atomic E-state index is 6.09. The van der Waals surface area contributed by atoms with Crippen molar-refractivity contribution in [1.82, 2.24) is 5.32 Å². The van der Waals surface area contributed by atoms with Crippen molar-refractivity contribution in [2.24, 2.45) is 0 Å². The summed E-state index contributed by atoms with van der Waals surface area (Å²) in [5.74, 6) is 0. The second kappa shape index (κ2) is 31.6. The summed E-state index contributed by atoms with van der Waals surface area (Å²) in [6.45, 7) is 0. The standard InChI is InChI=1S/C2H5N2.Re.Rf/c1-4-2-3;;/h1H3,(H2,3,4);;/q-1;;. The molecule has 0 aromatic carbocycles. The Labute approximate surface area is 45.1 Å². The van der Waals surface area contributed by atoms with E-state index in [4.69, 9.17) is 5.41 Å². The molecular formula is C2H5N2ReRf-. The van der Waals surface area contributed by atoms with Gasteiger partial charge in [-0.1, -0.05) is 0 Å². The van der Waals surface area contributed by atoms with Crippen molar-refractivity contribution in [3.63, 3.8) is 0 Å². The van der Waals surface area contributed by atoms with Gasteiger partial charge in [0.05, 0.1) is 0 Å². The molecule has 1 radical (unpaired) electrons.